The molecule has 0 aliphatic carbocycles. The van der Waals surface area contributed by atoms with Crippen LogP contribution in [0.2, 0.25) is 0 Å². The lowest BCUT2D eigenvalue weighted by molar-refractivity contribution is -0.117. The molecule has 6 nitrogen and oxygen atoms in total. The number of carbonyl (C=O) groups excluding carboxylic acids is 1. The molecule has 0 saturated carbocycles. The number of amides is 1. The van der Waals surface area contributed by atoms with E-state index in [9.17, 15) is 4.79 Å². The van der Waals surface area contributed by atoms with Crippen LogP contribution in [0.4, 0.5) is 5.69 Å². The maximum Gasteiger partial charge on any atom is 0.250 e. The van der Waals surface area contributed by atoms with E-state index in [-0.39, 0.29) is 5.91 Å². The fourth-order valence-electron chi connectivity index (χ4n) is 4.20. The van der Waals surface area contributed by atoms with Crippen LogP contribution in [0.25, 0.3) is 6.08 Å². The summed E-state index contributed by atoms with van der Waals surface area (Å²) in [6.45, 7) is 6.33. The van der Waals surface area contributed by atoms with Crippen molar-refractivity contribution in [3.63, 3.8) is 0 Å². The first-order chi connectivity index (χ1) is 15.7. The minimum Gasteiger partial charge on any atom is -0.488 e. The van der Waals surface area contributed by atoms with Crippen LogP contribution in [-0.2, 0) is 4.79 Å². The van der Waals surface area contributed by atoms with Crippen molar-refractivity contribution in [2.75, 3.05) is 57.8 Å². The molecule has 2 aromatic carbocycles. The van der Waals surface area contributed by atoms with Crippen LogP contribution < -0.4 is 15.0 Å². The van der Waals surface area contributed by atoms with Gasteiger partial charge in [-0.05, 0) is 49.2 Å². The molecule has 1 amide bonds. The fraction of sp³-hybridized carbons (Fsp3) is 0.385. The molecule has 0 bridgehead atoms. The number of fused-ring (bicyclic) bond motifs is 1. The summed E-state index contributed by atoms with van der Waals surface area (Å²) in [5.41, 5.74) is 4.07. The third kappa shape index (κ3) is 5.77. The molecule has 1 N–H and O–H groups in total. The van der Waals surface area contributed by atoms with E-state index in [1.165, 1.54) is 5.69 Å². The number of anilines is 1. The van der Waals surface area contributed by atoms with Gasteiger partial charge in [-0.2, -0.15) is 0 Å². The lowest BCUT2D eigenvalue weighted by atomic mass is 10.1. The van der Waals surface area contributed by atoms with E-state index in [0.717, 1.165) is 62.4 Å². The number of para-hydroxylation sites is 1. The van der Waals surface area contributed by atoms with E-state index in [1.807, 2.05) is 36.6 Å². The van der Waals surface area contributed by atoms with Gasteiger partial charge >= 0.3 is 0 Å². The Balaban J connectivity index is 1.13. The Morgan fingerprint density at radius 3 is 2.78 bits per heavy atom. The molecule has 2 aromatic rings. The van der Waals surface area contributed by atoms with Gasteiger partial charge in [0.15, 0.2) is 0 Å². The first-order valence-corrected chi connectivity index (χ1v) is 11.4. The molecule has 2 heterocycles. The van der Waals surface area contributed by atoms with Crippen molar-refractivity contribution in [3.8, 4) is 5.75 Å². The van der Waals surface area contributed by atoms with Crippen molar-refractivity contribution in [2.24, 2.45) is 4.99 Å². The van der Waals surface area contributed by atoms with E-state index in [1.54, 1.807) is 7.05 Å². The van der Waals surface area contributed by atoms with Crippen LogP contribution in [0.3, 0.4) is 0 Å². The number of nitrogens with zero attached hydrogens (tertiary/aromatic N) is 3. The van der Waals surface area contributed by atoms with Gasteiger partial charge in [0.2, 0.25) is 0 Å². The minimum atomic E-state index is -0.0246. The normalized spacial score (nSPS) is 16.4. The van der Waals surface area contributed by atoms with E-state index < -0.39 is 0 Å². The lowest BCUT2D eigenvalue weighted by Gasteiger charge is -2.36. The topological polar surface area (TPSA) is 57.2 Å². The molecule has 6 heteroatoms. The number of benzene rings is 2. The SMILES string of the molecule is CN=Cc1cccc(N2CCN(CCCCNC(=O)C3=Cc4ccccc4OC3)CC2)c1. The predicted octanol–water partition coefficient (Wildman–Crippen LogP) is 3.23. The summed E-state index contributed by atoms with van der Waals surface area (Å²) in [7, 11) is 1.80. The number of nitrogens with one attached hydrogen (secondary N) is 1. The van der Waals surface area contributed by atoms with Crippen LogP contribution in [0.1, 0.15) is 24.0 Å². The number of piperazine rings is 1. The highest BCUT2D eigenvalue weighted by Crippen LogP contribution is 2.25. The van der Waals surface area contributed by atoms with Crippen LogP contribution >= 0.6 is 0 Å². The summed E-state index contributed by atoms with van der Waals surface area (Å²) < 4.78 is 5.68. The highest BCUT2D eigenvalue weighted by Gasteiger charge is 2.18. The molecule has 1 fully saturated rings. The maximum absolute atomic E-state index is 12.4. The number of carbonyl (C=O) groups is 1. The van der Waals surface area contributed by atoms with E-state index in [0.29, 0.717) is 18.7 Å². The molecular weight excluding hydrogens is 400 g/mol. The van der Waals surface area contributed by atoms with Crippen LogP contribution in [0.5, 0.6) is 5.75 Å². The molecule has 2 aliphatic heterocycles. The predicted molar refractivity (Wildman–Crippen MR) is 131 cm³/mol. The average molecular weight is 433 g/mol. The zero-order valence-corrected chi connectivity index (χ0v) is 18.8. The maximum atomic E-state index is 12.4. The number of ether oxygens (including phenoxy) is 1. The van der Waals surface area contributed by atoms with Gasteiger partial charge in [0.25, 0.3) is 5.91 Å². The van der Waals surface area contributed by atoms with Crippen molar-refractivity contribution < 1.29 is 9.53 Å². The van der Waals surface area contributed by atoms with Crippen LogP contribution in [0.15, 0.2) is 59.1 Å². The Morgan fingerprint density at radius 1 is 1.09 bits per heavy atom. The lowest BCUT2D eigenvalue weighted by Crippen LogP contribution is -2.46. The molecule has 0 radical (unpaired) electrons. The van der Waals surface area contributed by atoms with Gasteiger partial charge in [-0.1, -0.05) is 30.3 Å². The van der Waals surface area contributed by atoms with Gasteiger partial charge in [-0.25, -0.2) is 0 Å². The molecule has 2 aliphatic rings. The summed E-state index contributed by atoms with van der Waals surface area (Å²) in [4.78, 5) is 21.5. The van der Waals surface area contributed by atoms with Gasteiger partial charge < -0.3 is 15.0 Å². The molecular formula is C26H32N4O2. The first-order valence-electron chi connectivity index (χ1n) is 11.4. The number of rotatable bonds is 8. The largest absolute Gasteiger partial charge is 0.488 e. The molecule has 0 unspecified atom stereocenters. The van der Waals surface area contributed by atoms with Gasteiger partial charge in [-0.15, -0.1) is 0 Å². The van der Waals surface area contributed by atoms with Gasteiger partial charge in [0.05, 0.1) is 5.57 Å². The number of unbranched alkanes of at least 4 members (excludes halogenated alkanes) is 1. The van der Waals surface area contributed by atoms with Crippen molar-refractivity contribution >= 4 is 23.9 Å². The molecule has 0 aromatic heterocycles. The van der Waals surface area contributed by atoms with Gasteiger partial charge in [0, 0.05) is 57.2 Å². The summed E-state index contributed by atoms with van der Waals surface area (Å²) in [6, 6.07) is 16.4. The number of hydrogen-bond donors (Lipinski definition) is 1. The molecule has 4 rings (SSSR count). The quantitative estimate of drug-likeness (QED) is 0.514. The zero-order valence-electron chi connectivity index (χ0n) is 18.8. The average Bonchev–Trinajstić information content (AvgIpc) is 2.84. The summed E-state index contributed by atoms with van der Waals surface area (Å²) in [6.07, 6.45) is 5.89. The molecule has 1 saturated heterocycles. The fourth-order valence-corrected chi connectivity index (χ4v) is 4.20. The Labute approximate surface area is 190 Å². The highest BCUT2D eigenvalue weighted by molar-refractivity contribution is 5.99. The third-order valence-corrected chi connectivity index (χ3v) is 6.00. The second-order valence-corrected chi connectivity index (χ2v) is 8.27. The monoisotopic (exact) mass is 432 g/mol. The van der Waals surface area contributed by atoms with Crippen molar-refractivity contribution in [1.82, 2.24) is 10.2 Å². The van der Waals surface area contributed by atoms with Gasteiger partial charge in [0.1, 0.15) is 12.4 Å². The van der Waals surface area contributed by atoms with E-state index >= 15 is 0 Å². The van der Waals surface area contributed by atoms with Crippen molar-refractivity contribution in [2.45, 2.75) is 12.8 Å². The summed E-state index contributed by atoms with van der Waals surface area (Å²) in [5.74, 6) is 0.815. The Kier molecular flexibility index (Phi) is 7.56. The zero-order chi connectivity index (χ0) is 22.2. The summed E-state index contributed by atoms with van der Waals surface area (Å²) in [5, 5.41) is 3.04. The number of aliphatic imine (C=N–C) groups is 1. The Hall–Kier alpha value is -3.12. The van der Waals surface area contributed by atoms with Crippen LogP contribution in [0, 0.1) is 0 Å². The minimum absolute atomic E-state index is 0.0246. The smallest absolute Gasteiger partial charge is 0.250 e. The Bertz CT molecular complexity index is 977. The first kappa shape index (κ1) is 22.1. The molecule has 168 valence electrons. The standard InChI is InChI=1S/C26H32N4O2/c1-27-19-21-7-6-9-24(17-21)30-15-13-29(14-16-30)12-5-4-11-28-26(31)23-18-22-8-2-3-10-25(22)32-20-23/h2-3,6-10,17-19H,4-5,11-16,20H2,1H3,(H,28,31). The van der Waals surface area contributed by atoms with E-state index in [2.05, 4.69) is 44.4 Å². The molecule has 0 spiro atoms. The highest BCUT2D eigenvalue weighted by atomic mass is 16.5. The number of hydrogen-bond acceptors (Lipinski definition) is 5. The second-order valence-electron chi connectivity index (χ2n) is 8.27. The molecule has 0 atom stereocenters. The summed E-state index contributed by atoms with van der Waals surface area (Å²) >= 11 is 0. The van der Waals surface area contributed by atoms with Crippen LogP contribution in [-0.4, -0.2) is 69.9 Å². The molecule has 32 heavy (non-hydrogen) atoms. The van der Waals surface area contributed by atoms with Crippen molar-refractivity contribution in [1.29, 1.82) is 0 Å². The van der Waals surface area contributed by atoms with E-state index in [4.69, 9.17) is 4.74 Å². The van der Waals surface area contributed by atoms with Crippen molar-refractivity contribution in [3.05, 3.63) is 65.2 Å². The third-order valence-electron chi connectivity index (χ3n) is 6.00. The van der Waals surface area contributed by atoms with Gasteiger partial charge in [-0.3, -0.25) is 14.7 Å². The Morgan fingerprint density at radius 2 is 1.94 bits per heavy atom. The second kappa shape index (κ2) is 11.0.